The summed E-state index contributed by atoms with van der Waals surface area (Å²) in [5.41, 5.74) is 1.51. The minimum absolute atomic E-state index is 0.118. The third-order valence-electron chi connectivity index (χ3n) is 2.41. The lowest BCUT2D eigenvalue weighted by Crippen LogP contribution is -2.12. The highest BCUT2D eigenvalue weighted by atomic mass is 16.4. The van der Waals surface area contributed by atoms with Crippen molar-refractivity contribution < 1.29 is 9.90 Å². The molecule has 0 unspecified atom stereocenters. The summed E-state index contributed by atoms with van der Waals surface area (Å²) in [6.45, 7) is 6.11. The lowest BCUT2D eigenvalue weighted by molar-refractivity contribution is 0.0696. The smallest absolute Gasteiger partial charge is 0.337 e. The van der Waals surface area contributed by atoms with E-state index in [2.05, 4.69) is 15.2 Å². The summed E-state index contributed by atoms with van der Waals surface area (Å²) >= 11 is 0. The Balaban J connectivity index is 2.70. The number of nitrogens with one attached hydrogen (secondary N) is 1. The fourth-order valence-corrected chi connectivity index (χ4v) is 1.59. The fourth-order valence-electron chi connectivity index (χ4n) is 1.59. The van der Waals surface area contributed by atoms with E-state index < -0.39 is 5.97 Å². The van der Waals surface area contributed by atoms with Crippen LogP contribution in [0.25, 0.3) is 11.0 Å². The zero-order valence-corrected chi connectivity index (χ0v) is 9.40. The molecule has 0 saturated heterocycles. The monoisotopic (exact) mass is 219 g/mol. The van der Waals surface area contributed by atoms with Crippen LogP contribution in [0.5, 0.6) is 0 Å². The second-order valence-corrected chi connectivity index (χ2v) is 4.75. The molecule has 0 amide bonds. The molecule has 0 aliphatic rings. The molecule has 0 spiro atoms. The minimum atomic E-state index is -0.976. The number of aromatic nitrogens is 3. The molecule has 16 heavy (non-hydrogen) atoms. The first-order valence-electron chi connectivity index (χ1n) is 4.97. The molecule has 0 atom stereocenters. The van der Waals surface area contributed by atoms with Gasteiger partial charge in [0.1, 0.15) is 0 Å². The number of H-pyrrole nitrogens is 1. The Morgan fingerprint density at radius 3 is 2.69 bits per heavy atom. The van der Waals surface area contributed by atoms with Crippen LogP contribution in [0.2, 0.25) is 0 Å². The van der Waals surface area contributed by atoms with Crippen LogP contribution in [0.1, 0.15) is 36.8 Å². The van der Waals surface area contributed by atoms with E-state index in [1.807, 2.05) is 20.8 Å². The molecule has 0 saturated carbocycles. The van der Waals surface area contributed by atoms with Crippen LogP contribution >= 0.6 is 0 Å². The second kappa shape index (κ2) is 3.30. The Morgan fingerprint density at radius 1 is 1.44 bits per heavy atom. The Hall–Kier alpha value is -1.91. The normalized spacial score (nSPS) is 11.9. The van der Waals surface area contributed by atoms with Crippen molar-refractivity contribution in [2.75, 3.05) is 0 Å². The van der Waals surface area contributed by atoms with Crippen molar-refractivity contribution in [1.82, 2.24) is 15.2 Å². The molecule has 2 rings (SSSR count). The van der Waals surface area contributed by atoms with E-state index in [1.54, 1.807) is 6.07 Å². The highest BCUT2D eigenvalue weighted by Crippen LogP contribution is 2.27. The summed E-state index contributed by atoms with van der Waals surface area (Å²) in [6.07, 6.45) is 1.32. The molecule has 0 aliphatic carbocycles. The van der Waals surface area contributed by atoms with Crippen molar-refractivity contribution in [2.24, 2.45) is 0 Å². The van der Waals surface area contributed by atoms with Crippen molar-refractivity contribution in [3.05, 3.63) is 23.5 Å². The Kier molecular flexibility index (Phi) is 2.18. The molecule has 5 heteroatoms. The van der Waals surface area contributed by atoms with Crippen LogP contribution in [0.3, 0.4) is 0 Å². The molecule has 0 aromatic carbocycles. The minimum Gasteiger partial charge on any atom is -0.478 e. The third kappa shape index (κ3) is 1.64. The predicted molar refractivity (Wildman–Crippen MR) is 59.5 cm³/mol. The average Bonchev–Trinajstić information content (AvgIpc) is 2.58. The molecule has 2 heterocycles. The Bertz CT molecular complexity index is 552. The maximum Gasteiger partial charge on any atom is 0.337 e. The number of carbonyl (C=O) groups is 1. The van der Waals surface area contributed by atoms with Crippen LogP contribution in [-0.4, -0.2) is 26.3 Å². The predicted octanol–water partition coefficient (Wildman–Crippen LogP) is 1.95. The van der Waals surface area contributed by atoms with Crippen molar-refractivity contribution in [3.8, 4) is 0 Å². The first-order valence-corrected chi connectivity index (χ1v) is 4.97. The maximum atomic E-state index is 10.9. The Morgan fingerprint density at radius 2 is 2.12 bits per heavy atom. The van der Waals surface area contributed by atoms with E-state index in [-0.39, 0.29) is 11.0 Å². The molecule has 0 bridgehead atoms. The van der Waals surface area contributed by atoms with Crippen molar-refractivity contribution in [1.29, 1.82) is 0 Å². The summed E-state index contributed by atoms with van der Waals surface area (Å²) in [5.74, 6) is -0.976. The van der Waals surface area contributed by atoms with E-state index in [0.29, 0.717) is 5.65 Å². The molecule has 84 valence electrons. The fraction of sp³-hybridized carbons (Fsp3) is 0.364. The number of rotatable bonds is 1. The van der Waals surface area contributed by atoms with Crippen LogP contribution in [-0.2, 0) is 5.41 Å². The van der Waals surface area contributed by atoms with Gasteiger partial charge in [-0.05, 0) is 6.07 Å². The SMILES string of the molecule is CC(C)(C)c1[nH]nc2ncc(C(=O)O)cc12. The molecular formula is C11H13N3O2. The number of hydrogen-bond acceptors (Lipinski definition) is 3. The zero-order chi connectivity index (χ0) is 11.9. The van der Waals surface area contributed by atoms with E-state index in [9.17, 15) is 4.79 Å². The molecule has 2 aromatic rings. The standard InChI is InChI=1S/C11H13N3O2/c1-11(2,3)8-7-4-6(10(15)16)5-12-9(7)14-13-8/h4-5H,1-3H3,(H,15,16)(H,12,13,14). The summed E-state index contributed by atoms with van der Waals surface area (Å²) in [5, 5.41) is 16.6. The van der Waals surface area contributed by atoms with Crippen LogP contribution in [0, 0.1) is 0 Å². The average molecular weight is 219 g/mol. The van der Waals surface area contributed by atoms with Crippen molar-refractivity contribution >= 4 is 17.0 Å². The highest BCUT2D eigenvalue weighted by Gasteiger charge is 2.20. The van der Waals surface area contributed by atoms with Gasteiger partial charge in [0.15, 0.2) is 5.65 Å². The first-order chi connectivity index (χ1) is 7.39. The summed E-state index contributed by atoms with van der Waals surface area (Å²) < 4.78 is 0. The molecule has 0 fully saturated rings. The van der Waals surface area contributed by atoms with Gasteiger partial charge in [-0.2, -0.15) is 5.10 Å². The molecular weight excluding hydrogens is 206 g/mol. The molecule has 5 nitrogen and oxygen atoms in total. The van der Waals surface area contributed by atoms with Crippen molar-refractivity contribution in [3.63, 3.8) is 0 Å². The number of aromatic amines is 1. The van der Waals surface area contributed by atoms with Gasteiger partial charge in [0.2, 0.25) is 0 Å². The van der Waals surface area contributed by atoms with Gasteiger partial charge < -0.3 is 5.11 Å². The third-order valence-corrected chi connectivity index (χ3v) is 2.41. The number of hydrogen-bond donors (Lipinski definition) is 2. The lowest BCUT2D eigenvalue weighted by Gasteiger charge is -2.16. The number of carboxylic acid groups (broad SMARTS) is 1. The van der Waals surface area contributed by atoms with Crippen LogP contribution in [0.15, 0.2) is 12.3 Å². The van der Waals surface area contributed by atoms with Gasteiger partial charge in [-0.1, -0.05) is 20.8 Å². The summed E-state index contributed by atoms with van der Waals surface area (Å²) in [7, 11) is 0. The Labute approximate surface area is 92.5 Å². The van der Waals surface area contributed by atoms with Gasteiger partial charge in [-0.25, -0.2) is 9.78 Å². The topological polar surface area (TPSA) is 78.9 Å². The van der Waals surface area contributed by atoms with Crippen LogP contribution in [0.4, 0.5) is 0 Å². The summed E-state index contributed by atoms with van der Waals surface area (Å²) in [4.78, 5) is 14.9. The van der Waals surface area contributed by atoms with Gasteiger partial charge in [0.25, 0.3) is 0 Å². The van der Waals surface area contributed by atoms with Crippen molar-refractivity contribution in [2.45, 2.75) is 26.2 Å². The van der Waals surface area contributed by atoms with Gasteiger partial charge in [-0.15, -0.1) is 0 Å². The van der Waals surface area contributed by atoms with E-state index in [0.717, 1.165) is 11.1 Å². The maximum absolute atomic E-state index is 10.9. The first kappa shape index (κ1) is 10.6. The number of aromatic carboxylic acids is 1. The molecule has 0 radical (unpaired) electrons. The molecule has 2 N–H and O–H groups in total. The van der Waals surface area contributed by atoms with Gasteiger partial charge in [0, 0.05) is 17.0 Å². The number of pyridine rings is 1. The van der Waals surface area contributed by atoms with Gasteiger partial charge in [-0.3, -0.25) is 5.10 Å². The zero-order valence-electron chi connectivity index (χ0n) is 9.40. The van der Waals surface area contributed by atoms with E-state index >= 15 is 0 Å². The van der Waals surface area contributed by atoms with E-state index in [1.165, 1.54) is 6.20 Å². The lowest BCUT2D eigenvalue weighted by atomic mass is 9.90. The highest BCUT2D eigenvalue weighted by molar-refractivity contribution is 5.92. The van der Waals surface area contributed by atoms with Gasteiger partial charge >= 0.3 is 5.97 Å². The number of carboxylic acids is 1. The largest absolute Gasteiger partial charge is 0.478 e. The number of fused-ring (bicyclic) bond motifs is 1. The second-order valence-electron chi connectivity index (χ2n) is 4.75. The van der Waals surface area contributed by atoms with Gasteiger partial charge in [0.05, 0.1) is 11.3 Å². The molecule has 0 aliphatic heterocycles. The summed E-state index contributed by atoms with van der Waals surface area (Å²) in [6, 6.07) is 1.61. The molecule has 2 aromatic heterocycles. The number of nitrogens with zero attached hydrogens (tertiary/aromatic N) is 2. The van der Waals surface area contributed by atoms with E-state index in [4.69, 9.17) is 5.11 Å². The quantitative estimate of drug-likeness (QED) is 0.768. The van der Waals surface area contributed by atoms with Crippen LogP contribution < -0.4 is 0 Å².